The lowest BCUT2D eigenvalue weighted by Crippen LogP contribution is -2.26. The number of nitrogens with zero attached hydrogens (tertiary/aromatic N) is 6. The van der Waals surface area contributed by atoms with Gasteiger partial charge in [0.1, 0.15) is 5.82 Å². The number of benzene rings is 1. The fourth-order valence-corrected chi connectivity index (χ4v) is 3.26. The molecule has 0 radical (unpaired) electrons. The highest BCUT2D eigenvalue weighted by Gasteiger charge is 2.17. The van der Waals surface area contributed by atoms with Crippen LogP contribution in [0.4, 0.5) is 0 Å². The molecule has 4 rings (SSSR count). The molecule has 0 aliphatic heterocycles. The maximum atomic E-state index is 10.3. The van der Waals surface area contributed by atoms with Crippen molar-refractivity contribution >= 4 is 17.9 Å². The first-order valence-electron chi connectivity index (χ1n) is 9.53. The lowest BCUT2D eigenvalue weighted by molar-refractivity contribution is 0.0613. The second-order valence-electron chi connectivity index (χ2n) is 7.84. The molecule has 1 aromatic carbocycles. The Morgan fingerprint density at radius 2 is 1.79 bits per heavy atom. The quantitative estimate of drug-likeness (QED) is 0.565. The van der Waals surface area contributed by atoms with E-state index in [-0.39, 0.29) is 0 Å². The molecule has 0 spiro atoms. The van der Waals surface area contributed by atoms with Crippen molar-refractivity contribution in [3.8, 4) is 11.3 Å². The van der Waals surface area contributed by atoms with Crippen molar-refractivity contribution in [1.82, 2.24) is 29.1 Å². The highest BCUT2D eigenvalue weighted by molar-refractivity contribution is 5.67. The molecule has 148 valence electrons. The van der Waals surface area contributed by atoms with Gasteiger partial charge in [-0.15, -0.1) is 5.10 Å². The zero-order valence-corrected chi connectivity index (χ0v) is 17.0. The van der Waals surface area contributed by atoms with Gasteiger partial charge in [0.25, 0.3) is 5.78 Å². The summed E-state index contributed by atoms with van der Waals surface area (Å²) in [6.07, 6.45) is 5.65. The maximum absolute atomic E-state index is 10.3. The topological polar surface area (TPSA) is 81.1 Å². The molecular weight excluding hydrogens is 364 g/mol. The Bertz CT molecular complexity index is 1180. The standard InChI is InChI=1S/C22H24N6O/c1-15-12-16(2)28-21(23-15)25-19(26-28)10-11-20-24-18(17-8-6-5-7-9-17)13-27(20)14-22(3,4)29/h5-13,29H,14H2,1-4H3/b11-10+. The third kappa shape index (κ3) is 4.25. The van der Waals surface area contributed by atoms with E-state index in [2.05, 4.69) is 15.1 Å². The first-order valence-corrected chi connectivity index (χ1v) is 9.53. The Hall–Kier alpha value is -3.32. The lowest BCUT2D eigenvalue weighted by atomic mass is 10.1. The van der Waals surface area contributed by atoms with Gasteiger partial charge >= 0.3 is 0 Å². The van der Waals surface area contributed by atoms with Crippen molar-refractivity contribution in [2.75, 3.05) is 0 Å². The van der Waals surface area contributed by atoms with Crippen molar-refractivity contribution in [3.63, 3.8) is 0 Å². The van der Waals surface area contributed by atoms with Crippen molar-refractivity contribution in [2.24, 2.45) is 0 Å². The van der Waals surface area contributed by atoms with E-state index >= 15 is 0 Å². The number of fused-ring (bicyclic) bond motifs is 1. The van der Waals surface area contributed by atoms with E-state index in [4.69, 9.17) is 4.98 Å². The third-order valence-electron chi connectivity index (χ3n) is 4.45. The van der Waals surface area contributed by atoms with Crippen LogP contribution < -0.4 is 0 Å². The normalized spacial score (nSPS) is 12.3. The molecule has 0 atom stereocenters. The number of aromatic nitrogens is 6. The van der Waals surface area contributed by atoms with E-state index in [1.807, 2.05) is 73.2 Å². The summed E-state index contributed by atoms with van der Waals surface area (Å²) in [4.78, 5) is 13.7. The lowest BCUT2D eigenvalue weighted by Gasteiger charge is -2.18. The van der Waals surface area contributed by atoms with Crippen LogP contribution in [0, 0.1) is 13.8 Å². The fraction of sp³-hybridized carbons (Fsp3) is 0.273. The third-order valence-corrected chi connectivity index (χ3v) is 4.45. The highest BCUT2D eigenvalue weighted by atomic mass is 16.3. The van der Waals surface area contributed by atoms with Gasteiger partial charge in [-0.3, -0.25) is 0 Å². The van der Waals surface area contributed by atoms with Gasteiger partial charge in [0, 0.05) is 23.1 Å². The van der Waals surface area contributed by atoms with Crippen LogP contribution in [-0.2, 0) is 6.54 Å². The Morgan fingerprint density at radius 1 is 1.03 bits per heavy atom. The van der Waals surface area contributed by atoms with E-state index in [0.717, 1.165) is 28.5 Å². The summed E-state index contributed by atoms with van der Waals surface area (Å²) in [6, 6.07) is 12.0. The van der Waals surface area contributed by atoms with Crippen LogP contribution in [0.25, 0.3) is 29.2 Å². The Morgan fingerprint density at radius 3 is 2.52 bits per heavy atom. The van der Waals surface area contributed by atoms with Gasteiger partial charge in [-0.2, -0.15) is 4.98 Å². The molecule has 0 saturated carbocycles. The van der Waals surface area contributed by atoms with Crippen LogP contribution in [0.5, 0.6) is 0 Å². The Kier molecular flexibility index (Phi) is 4.76. The molecule has 0 bridgehead atoms. The zero-order valence-electron chi connectivity index (χ0n) is 17.0. The summed E-state index contributed by atoms with van der Waals surface area (Å²) in [7, 11) is 0. The van der Waals surface area contributed by atoms with Crippen LogP contribution in [-0.4, -0.2) is 39.8 Å². The Labute approximate surface area is 169 Å². The van der Waals surface area contributed by atoms with E-state index in [9.17, 15) is 5.11 Å². The maximum Gasteiger partial charge on any atom is 0.253 e. The van der Waals surface area contributed by atoms with Gasteiger partial charge in [-0.05, 0) is 45.9 Å². The molecule has 7 heteroatoms. The second-order valence-corrected chi connectivity index (χ2v) is 7.84. The minimum atomic E-state index is -0.864. The molecular formula is C22H24N6O. The summed E-state index contributed by atoms with van der Waals surface area (Å²) in [5, 5.41) is 14.8. The van der Waals surface area contributed by atoms with E-state index in [1.54, 1.807) is 18.4 Å². The van der Waals surface area contributed by atoms with Gasteiger partial charge in [0.2, 0.25) is 0 Å². The number of imidazole rings is 1. The van der Waals surface area contributed by atoms with Gasteiger partial charge in [0.15, 0.2) is 5.82 Å². The second kappa shape index (κ2) is 7.25. The SMILES string of the molecule is Cc1cc(C)n2nc(/C=C/c3nc(-c4ccccc4)cn3CC(C)(C)O)nc2n1. The smallest absolute Gasteiger partial charge is 0.253 e. The van der Waals surface area contributed by atoms with Gasteiger partial charge in [-0.1, -0.05) is 30.3 Å². The number of aliphatic hydroxyl groups is 1. The van der Waals surface area contributed by atoms with Crippen molar-refractivity contribution < 1.29 is 5.11 Å². The number of hydrogen-bond donors (Lipinski definition) is 1. The number of aryl methyl sites for hydroxylation is 2. The zero-order chi connectivity index (χ0) is 20.6. The molecule has 0 fully saturated rings. The van der Waals surface area contributed by atoms with Crippen LogP contribution >= 0.6 is 0 Å². The fourth-order valence-electron chi connectivity index (χ4n) is 3.26. The van der Waals surface area contributed by atoms with Gasteiger partial charge in [-0.25, -0.2) is 14.5 Å². The molecule has 1 N–H and O–H groups in total. The molecule has 3 aromatic heterocycles. The first-order chi connectivity index (χ1) is 13.8. The summed E-state index contributed by atoms with van der Waals surface area (Å²) in [5.74, 6) is 1.86. The monoisotopic (exact) mass is 388 g/mol. The molecule has 0 aliphatic rings. The molecule has 0 aliphatic carbocycles. The summed E-state index contributed by atoms with van der Waals surface area (Å²) in [6.45, 7) is 7.90. The van der Waals surface area contributed by atoms with Crippen LogP contribution in [0.15, 0.2) is 42.6 Å². The summed E-state index contributed by atoms with van der Waals surface area (Å²) >= 11 is 0. The van der Waals surface area contributed by atoms with E-state index in [0.29, 0.717) is 18.1 Å². The van der Waals surface area contributed by atoms with Crippen molar-refractivity contribution in [2.45, 2.75) is 39.8 Å². The minimum Gasteiger partial charge on any atom is -0.389 e. The van der Waals surface area contributed by atoms with Gasteiger partial charge in [0.05, 0.1) is 17.8 Å². The molecule has 29 heavy (non-hydrogen) atoms. The van der Waals surface area contributed by atoms with Crippen molar-refractivity contribution in [3.05, 3.63) is 65.6 Å². The van der Waals surface area contributed by atoms with Crippen molar-refractivity contribution in [1.29, 1.82) is 0 Å². The van der Waals surface area contributed by atoms with E-state index < -0.39 is 5.60 Å². The predicted octanol–water partition coefficient (Wildman–Crippen LogP) is 3.55. The summed E-state index contributed by atoms with van der Waals surface area (Å²) < 4.78 is 3.67. The highest BCUT2D eigenvalue weighted by Crippen LogP contribution is 2.21. The van der Waals surface area contributed by atoms with Crippen LogP contribution in [0.2, 0.25) is 0 Å². The first kappa shape index (κ1) is 19.0. The van der Waals surface area contributed by atoms with Gasteiger partial charge < -0.3 is 9.67 Å². The van der Waals surface area contributed by atoms with E-state index in [1.165, 1.54) is 0 Å². The largest absolute Gasteiger partial charge is 0.389 e. The molecule has 7 nitrogen and oxygen atoms in total. The average molecular weight is 388 g/mol. The molecule has 4 aromatic rings. The minimum absolute atomic E-state index is 0.422. The number of hydrogen-bond acceptors (Lipinski definition) is 5. The molecule has 0 unspecified atom stereocenters. The predicted molar refractivity (Wildman–Crippen MR) is 113 cm³/mol. The summed E-state index contributed by atoms with van der Waals surface area (Å²) in [5.41, 5.74) is 2.90. The molecule has 3 heterocycles. The Balaban J connectivity index is 1.71. The van der Waals surface area contributed by atoms with Crippen LogP contribution in [0.3, 0.4) is 0 Å². The van der Waals surface area contributed by atoms with Crippen LogP contribution in [0.1, 0.15) is 36.9 Å². The number of rotatable bonds is 5. The molecule has 0 amide bonds. The average Bonchev–Trinajstić information content (AvgIpc) is 3.23. The molecule has 0 saturated heterocycles.